The Morgan fingerprint density at radius 2 is 2.03 bits per heavy atom. The Balaban J connectivity index is 1.73. The van der Waals surface area contributed by atoms with Gasteiger partial charge in [-0.3, -0.25) is 19.0 Å². The van der Waals surface area contributed by atoms with Crippen molar-refractivity contribution < 1.29 is 19.1 Å². The van der Waals surface area contributed by atoms with Crippen LogP contribution in [-0.2, 0) is 20.8 Å². The predicted molar refractivity (Wildman–Crippen MR) is 114 cm³/mol. The molecule has 0 saturated carbocycles. The van der Waals surface area contributed by atoms with Crippen LogP contribution in [0, 0.1) is 4.77 Å². The highest BCUT2D eigenvalue weighted by molar-refractivity contribution is 7.71. The van der Waals surface area contributed by atoms with Gasteiger partial charge in [-0.2, -0.15) is 0 Å². The number of methoxy groups -OCH3 is 2. The van der Waals surface area contributed by atoms with Crippen LogP contribution in [0.1, 0.15) is 29.6 Å². The first-order valence-corrected chi connectivity index (χ1v) is 10.2. The lowest BCUT2D eigenvalue weighted by Gasteiger charge is -2.16. The summed E-state index contributed by atoms with van der Waals surface area (Å²) in [4.78, 5) is 41.8. The lowest BCUT2D eigenvalue weighted by molar-refractivity contribution is -0.127. The van der Waals surface area contributed by atoms with Crippen LogP contribution in [0.25, 0.3) is 10.9 Å². The fourth-order valence-electron chi connectivity index (χ4n) is 3.50. The predicted octanol–water partition coefficient (Wildman–Crippen LogP) is 1.42. The van der Waals surface area contributed by atoms with Crippen LogP contribution in [0.15, 0.2) is 23.0 Å². The van der Waals surface area contributed by atoms with Gasteiger partial charge in [0, 0.05) is 45.8 Å². The Kier molecular flexibility index (Phi) is 7.35. The molecule has 2 heterocycles. The third-order valence-electron chi connectivity index (χ3n) is 5.18. The number of rotatable bonds is 9. The third-order valence-corrected chi connectivity index (χ3v) is 5.50. The Morgan fingerprint density at radius 1 is 1.27 bits per heavy atom. The number of hydrogen-bond acceptors (Lipinski definition) is 6. The van der Waals surface area contributed by atoms with Crippen molar-refractivity contribution in [2.45, 2.75) is 32.1 Å². The van der Waals surface area contributed by atoms with Gasteiger partial charge in [-0.1, -0.05) is 0 Å². The lowest BCUT2D eigenvalue weighted by Crippen LogP contribution is -2.34. The van der Waals surface area contributed by atoms with E-state index >= 15 is 0 Å². The van der Waals surface area contributed by atoms with E-state index < -0.39 is 6.29 Å². The van der Waals surface area contributed by atoms with Crippen molar-refractivity contribution in [3.8, 4) is 0 Å². The Morgan fingerprint density at radius 3 is 2.70 bits per heavy atom. The molecule has 0 unspecified atom stereocenters. The highest BCUT2D eigenvalue weighted by Gasteiger charge is 2.19. The zero-order valence-electron chi connectivity index (χ0n) is 17.1. The summed E-state index contributed by atoms with van der Waals surface area (Å²) in [6, 6.07) is 4.81. The Hall–Kier alpha value is -2.56. The van der Waals surface area contributed by atoms with Gasteiger partial charge in [0.15, 0.2) is 11.1 Å². The van der Waals surface area contributed by atoms with Crippen LogP contribution < -0.4 is 10.9 Å². The first-order valence-electron chi connectivity index (χ1n) is 9.83. The van der Waals surface area contributed by atoms with E-state index in [4.69, 9.17) is 21.7 Å². The van der Waals surface area contributed by atoms with E-state index in [2.05, 4.69) is 10.3 Å². The first kappa shape index (κ1) is 22.1. The molecule has 1 aromatic carbocycles. The van der Waals surface area contributed by atoms with Crippen molar-refractivity contribution in [3.05, 3.63) is 38.9 Å². The van der Waals surface area contributed by atoms with E-state index in [9.17, 15) is 14.4 Å². The molecule has 0 spiro atoms. The average molecular weight is 435 g/mol. The standard InChI is InChI=1S/C20H26N4O5S/c1-28-17(29-2)12-21-18(26)13-6-7-14-15(11-13)22-20(30)24(19(14)27)10-4-9-23-8-3-5-16(23)25/h6-7,11,17H,3-5,8-10,12H2,1-2H3,(H,21,26)(H,22,30). The van der Waals surface area contributed by atoms with Crippen LogP contribution in [0.4, 0.5) is 0 Å². The number of aromatic nitrogens is 2. The van der Waals surface area contributed by atoms with Crippen molar-refractivity contribution in [1.29, 1.82) is 0 Å². The molecule has 1 aromatic heterocycles. The molecule has 9 nitrogen and oxygen atoms in total. The highest BCUT2D eigenvalue weighted by atomic mass is 32.1. The molecule has 1 aliphatic heterocycles. The number of amides is 2. The van der Waals surface area contributed by atoms with Crippen molar-refractivity contribution in [2.24, 2.45) is 0 Å². The van der Waals surface area contributed by atoms with Gasteiger partial charge in [0.2, 0.25) is 5.91 Å². The van der Waals surface area contributed by atoms with E-state index in [1.54, 1.807) is 18.2 Å². The summed E-state index contributed by atoms with van der Waals surface area (Å²) in [6.07, 6.45) is 1.60. The van der Waals surface area contributed by atoms with Crippen molar-refractivity contribution >= 4 is 34.9 Å². The molecule has 0 aliphatic carbocycles. The number of H-pyrrole nitrogens is 1. The second kappa shape index (κ2) is 9.96. The number of ether oxygens (including phenoxy) is 2. The molecule has 0 radical (unpaired) electrons. The maximum Gasteiger partial charge on any atom is 0.262 e. The SMILES string of the molecule is COC(CNC(=O)c1ccc2c(=O)n(CCCN3CCCC3=O)c(=S)[nH]c2c1)OC. The van der Waals surface area contributed by atoms with E-state index in [1.165, 1.54) is 18.8 Å². The zero-order valence-corrected chi connectivity index (χ0v) is 17.9. The molecule has 1 saturated heterocycles. The van der Waals surface area contributed by atoms with E-state index in [0.29, 0.717) is 42.4 Å². The number of likely N-dealkylation sites (tertiary alicyclic amines) is 1. The maximum absolute atomic E-state index is 12.9. The second-order valence-corrected chi connectivity index (χ2v) is 7.48. The van der Waals surface area contributed by atoms with Gasteiger partial charge in [0.25, 0.3) is 11.5 Å². The summed E-state index contributed by atoms with van der Waals surface area (Å²) in [5.74, 6) is -0.145. The van der Waals surface area contributed by atoms with Crippen molar-refractivity contribution in [1.82, 2.24) is 19.8 Å². The average Bonchev–Trinajstić information content (AvgIpc) is 3.15. The molecule has 0 bridgehead atoms. The van der Waals surface area contributed by atoms with E-state index in [-0.39, 0.29) is 28.7 Å². The van der Waals surface area contributed by atoms with Crippen LogP contribution in [0.5, 0.6) is 0 Å². The summed E-state index contributed by atoms with van der Waals surface area (Å²) in [6.45, 7) is 2.01. The molecule has 1 aliphatic rings. The Labute approximate surface area is 179 Å². The summed E-state index contributed by atoms with van der Waals surface area (Å²) < 4.78 is 11.9. The van der Waals surface area contributed by atoms with Gasteiger partial charge in [0.1, 0.15) is 0 Å². The summed E-state index contributed by atoms with van der Waals surface area (Å²) >= 11 is 5.36. The quantitative estimate of drug-likeness (QED) is 0.457. The van der Waals surface area contributed by atoms with Crippen molar-refractivity contribution in [3.63, 3.8) is 0 Å². The fourth-order valence-corrected chi connectivity index (χ4v) is 3.78. The van der Waals surface area contributed by atoms with Crippen LogP contribution >= 0.6 is 12.2 Å². The number of nitrogens with one attached hydrogen (secondary N) is 2. The number of aromatic amines is 1. The molecule has 162 valence electrons. The van der Waals surface area contributed by atoms with Gasteiger partial charge < -0.3 is 24.7 Å². The number of benzene rings is 1. The number of fused-ring (bicyclic) bond motifs is 1. The van der Waals surface area contributed by atoms with Crippen LogP contribution in [0.3, 0.4) is 0 Å². The monoisotopic (exact) mass is 434 g/mol. The van der Waals surface area contributed by atoms with Gasteiger partial charge in [-0.25, -0.2) is 0 Å². The molecular weight excluding hydrogens is 408 g/mol. The number of nitrogens with zero attached hydrogens (tertiary/aromatic N) is 2. The van der Waals surface area contributed by atoms with Crippen LogP contribution in [0.2, 0.25) is 0 Å². The topological polar surface area (TPSA) is 106 Å². The molecular formula is C20H26N4O5S. The van der Waals surface area contributed by atoms with Crippen molar-refractivity contribution in [2.75, 3.05) is 33.9 Å². The summed E-state index contributed by atoms with van der Waals surface area (Å²) in [5.41, 5.74) is 0.676. The zero-order chi connectivity index (χ0) is 21.7. The first-order chi connectivity index (χ1) is 14.4. The fraction of sp³-hybridized carbons (Fsp3) is 0.500. The van der Waals surface area contributed by atoms with Gasteiger partial charge in [-0.05, 0) is 43.3 Å². The molecule has 30 heavy (non-hydrogen) atoms. The largest absolute Gasteiger partial charge is 0.354 e. The molecule has 2 aromatic rings. The lowest BCUT2D eigenvalue weighted by atomic mass is 10.1. The smallest absolute Gasteiger partial charge is 0.262 e. The highest BCUT2D eigenvalue weighted by Crippen LogP contribution is 2.12. The van der Waals surface area contributed by atoms with Gasteiger partial charge >= 0.3 is 0 Å². The number of hydrogen-bond donors (Lipinski definition) is 2. The van der Waals surface area contributed by atoms with Gasteiger partial charge in [0.05, 0.1) is 17.4 Å². The summed E-state index contributed by atoms with van der Waals surface area (Å²) in [7, 11) is 2.98. The number of carbonyl (C=O) groups is 2. The minimum Gasteiger partial charge on any atom is -0.354 e. The molecule has 0 atom stereocenters. The van der Waals surface area contributed by atoms with E-state index in [1.807, 2.05) is 4.90 Å². The molecule has 2 amide bonds. The van der Waals surface area contributed by atoms with Gasteiger partial charge in [-0.15, -0.1) is 0 Å². The van der Waals surface area contributed by atoms with Crippen LogP contribution in [-0.4, -0.2) is 66.4 Å². The molecule has 10 heteroatoms. The van der Waals surface area contributed by atoms with E-state index in [0.717, 1.165) is 13.0 Å². The molecule has 3 rings (SSSR count). The minimum atomic E-state index is -0.539. The maximum atomic E-state index is 12.9. The summed E-state index contributed by atoms with van der Waals surface area (Å²) in [5, 5.41) is 3.17. The minimum absolute atomic E-state index is 0.166. The normalized spacial score (nSPS) is 14.1. The third kappa shape index (κ3) is 4.94. The Bertz CT molecular complexity index is 1040. The number of carbonyl (C=O) groups excluding carboxylic acids is 2. The second-order valence-electron chi connectivity index (χ2n) is 7.10. The molecule has 1 fully saturated rings. The molecule has 2 N–H and O–H groups in total.